The number of ether oxygens (including phenoxy) is 1. The van der Waals surface area contributed by atoms with Crippen LogP contribution in [0, 0.1) is 10.1 Å². The fourth-order valence-corrected chi connectivity index (χ4v) is 3.00. The Morgan fingerprint density at radius 1 is 1.36 bits per heavy atom. The van der Waals surface area contributed by atoms with Crippen molar-refractivity contribution in [1.29, 1.82) is 0 Å². The first-order valence-electron chi connectivity index (χ1n) is 7.11. The van der Waals surface area contributed by atoms with Crippen LogP contribution >= 0.6 is 11.8 Å². The van der Waals surface area contributed by atoms with Gasteiger partial charge in [-0.15, -0.1) is 0 Å². The van der Waals surface area contributed by atoms with Gasteiger partial charge in [-0.1, -0.05) is 18.2 Å². The molecule has 1 heterocycles. The number of nitro benzene ring substituents is 1. The number of amides is 2. The first kappa shape index (κ1) is 18.4. The SMILES string of the molecule is COC(=O)[C@H](C)N1C(=O)S/C(=C/C=C/c2ccccc2[N+](=O)[O-])C1=O. The zero-order chi connectivity index (χ0) is 18.6. The number of thioether (sulfide) groups is 1. The van der Waals surface area contributed by atoms with E-state index in [9.17, 15) is 24.5 Å². The number of carbonyl (C=O) groups is 3. The molecule has 8 nitrogen and oxygen atoms in total. The molecule has 1 atom stereocenters. The van der Waals surface area contributed by atoms with Gasteiger partial charge in [-0.05, 0) is 36.9 Å². The van der Waals surface area contributed by atoms with Gasteiger partial charge in [-0.25, -0.2) is 4.79 Å². The van der Waals surface area contributed by atoms with Crippen LogP contribution in [0.3, 0.4) is 0 Å². The molecule has 0 radical (unpaired) electrons. The molecule has 130 valence electrons. The molecule has 0 aromatic heterocycles. The molecule has 0 unspecified atom stereocenters. The molecule has 1 aliphatic rings. The summed E-state index contributed by atoms with van der Waals surface area (Å²) in [5.74, 6) is -1.31. The van der Waals surface area contributed by atoms with Crippen LogP contribution in [0.2, 0.25) is 0 Å². The molecular formula is C16H14N2O6S. The molecule has 1 aliphatic heterocycles. The van der Waals surface area contributed by atoms with E-state index in [1.807, 2.05) is 0 Å². The molecule has 1 aromatic carbocycles. The summed E-state index contributed by atoms with van der Waals surface area (Å²) in [6, 6.07) is 5.11. The maximum absolute atomic E-state index is 12.3. The Kier molecular flexibility index (Phi) is 5.71. The Balaban J connectivity index is 2.20. The molecule has 2 amide bonds. The fourth-order valence-electron chi connectivity index (χ4n) is 2.14. The lowest BCUT2D eigenvalue weighted by Crippen LogP contribution is -2.42. The van der Waals surface area contributed by atoms with Gasteiger partial charge in [0.15, 0.2) is 0 Å². The third-order valence-electron chi connectivity index (χ3n) is 3.41. The minimum absolute atomic E-state index is 0.0698. The van der Waals surface area contributed by atoms with Gasteiger partial charge < -0.3 is 4.74 Å². The molecule has 25 heavy (non-hydrogen) atoms. The molecule has 1 saturated heterocycles. The highest BCUT2D eigenvalue weighted by Gasteiger charge is 2.40. The van der Waals surface area contributed by atoms with Crippen LogP contribution in [0.5, 0.6) is 0 Å². The largest absolute Gasteiger partial charge is 0.467 e. The van der Waals surface area contributed by atoms with E-state index in [0.29, 0.717) is 17.3 Å². The van der Waals surface area contributed by atoms with E-state index in [2.05, 4.69) is 4.74 Å². The summed E-state index contributed by atoms with van der Waals surface area (Å²) in [6.07, 6.45) is 4.30. The second-order valence-corrected chi connectivity index (χ2v) is 5.94. The van der Waals surface area contributed by atoms with Crippen LogP contribution in [-0.4, -0.2) is 40.1 Å². The maximum Gasteiger partial charge on any atom is 0.328 e. The van der Waals surface area contributed by atoms with Crippen LogP contribution < -0.4 is 0 Å². The number of methoxy groups -OCH3 is 1. The van der Waals surface area contributed by atoms with Crippen molar-refractivity contribution in [2.75, 3.05) is 7.11 Å². The zero-order valence-corrected chi connectivity index (χ0v) is 14.2. The van der Waals surface area contributed by atoms with Crippen LogP contribution in [0.25, 0.3) is 6.08 Å². The normalized spacial score (nSPS) is 17.4. The lowest BCUT2D eigenvalue weighted by molar-refractivity contribution is -0.385. The van der Waals surface area contributed by atoms with E-state index in [1.54, 1.807) is 18.2 Å². The molecule has 0 saturated carbocycles. The van der Waals surface area contributed by atoms with Crippen LogP contribution in [0.1, 0.15) is 12.5 Å². The number of esters is 1. The maximum atomic E-state index is 12.3. The average molecular weight is 362 g/mol. The summed E-state index contributed by atoms with van der Waals surface area (Å²) < 4.78 is 4.54. The minimum Gasteiger partial charge on any atom is -0.467 e. The number of hydrogen-bond donors (Lipinski definition) is 0. The molecule has 0 aliphatic carbocycles. The third-order valence-corrected chi connectivity index (χ3v) is 4.31. The van der Waals surface area contributed by atoms with E-state index in [0.717, 1.165) is 4.90 Å². The number of nitrogens with zero attached hydrogens (tertiary/aromatic N) is 2. The summed E-state index contributed by atoms with van der Waals surface area (Å²) in [5.41, 5.74) is 0.297. The Bertz CT molecular complexity index is 802. The number of imide groups is 1. The summed E-state index contributed by atoms with van der Waals surface area (Å²) in [7, 11) is 1.17. The number of rotatable bonds is 5. The van der Waals surface area contributed by atoms with Gasteiger partial charge in [0.25, 0.3) is 16.8 Å². The van der Waals surface area contributed by atoms with Crippen LogP contribution in [-0.2, 0) is 14.3 Å². The molecule has 1 fully saturated rings. The topological polar surface area (TPSA) is 107 Å². The summed E-state index contributed by atoms with van der Waals surface area (Å²) in [4.78, 5) is 47.1. The Morgan fingerprint density at radius 3 is 2.68 bits per heavy atom. The van der Waals surface area contributed by atoms with E-state index in [4.69, 9.17) is 0 Å². The van der Waals surface area contributed by atoms with E-state index in [-0.39, 0.29) is 10.6 Å². The van der Waals surface area contributed by atoms with Crippen molar-refractivity contribution in [2.45, 2.75) is 13.0 Å². The van der Waals surface area contributed by atoms with Gasteiger partial charge in [-0.2, -0.15) is 0 Å². The standard InChI is InChI=1S/C16H14N2O6S/c1-10(15(20)24-2)17-14(19)13(25-16(17)21)9-5-7-11-6-3-4-8-12(11)18(22)23/h3-10H,1-2H3/b7-5+,13-9+/t10-/m0/s1. The van der Waals surface area contributed by atoms with Gasteiger partial charge in [0, 0.05) is 6.07 Å². The van der Waals surface area contributed by atoms with E-state index < -0.39 is 28.1 Å². The van der Waals surface area contributed by atoms with Crippen molar-refractivity contribution in [1.82, 2.24) is 4.90 Å². The highest BCUT2D eigenvalue weighted by atomic mass is 32.2. The summed E-state index contributed by atoms with van der Waals surface area (Å²) in [5, 5.41) is 10.4. The summed E-state index contributed by atoms with van der Waals surface area (Å²) >= 11 is 0.689. The molecule has 0 bridgehead atoms. The van der Waals surface area contributed by atoms with Crippen LogP contribution in [0.4, 0.5) is 10.5 Å². The number of benzene rings is 1. The molecule has 0 N–H and O–H groups in total. The Morgan fingerprint density at radius 2 is 2.04 bits per heavy atom. The first-order chi connectivity index (χ1) is 11.9. The molecule has 9 heteroatoms. The number of para-hydroxylation sites is 1. The number of carbonyl (C=O) groups excluding carboxylic acids is 3. The van der Waals surface area contributed by atoms with Gasteiger partial charge in [0.2, 0.25) is 0 Å². The number of allylic oxidation sites excluding steroid dienone is 2. The van der Waals surface area contributed by atoms with Crippen molar-refractivity contribution in [3.8, 4) is 0 Å². The van der Waals surface area contributed by atoms with Gasteiger partial charge in [-0.3, -0.25) is 24.6 Å². The molecule has 1 aromatic rings. The van der Waals surface area contributed by atoms with Crippen molar-refractivity contribution in [2.24, 2.45) is 0 Å². The predicted octanol–water partition coefficient (Wildman–Crippen LogP) is 2.75. The minimum atomic E-state index is -1.03. The van der Waals surface area contributed by atoms with Crippen molar-refractivity contribution < 1.29 is 24.0 Å². The van der Waals surface area contributed by atoms with Gasteiger partial charge >= 0.3 is 5.97 Å². The third kappa shape index (κ3) is 3.94. The number of nitro groups is 1. The van der Waals surface area contributed by atoms with Gasteiger partial charge in [0.05, 0.1) is 22.5 Å². The van der Waals surface area contributed by atoms with E-state index in [1.165, 1.54) is 38.3 Å². The smallest absolute Gasteiger partial charge is 0.328 e. The summed E-state index contributed by atoms with van der Waals surface area (Å²) in [6.45, 7) is 1.40. The average Bonchev–Trinajstić information content (AvgIpc) is 2.87. The fraction of sp³-hybridized carbons (Fsp3) is 0.188. The predicted molar refractivity (Wildman–Crippen MR) is 91.5 cm³/mol. The highest BCUT2D eigenvalue weighted by molar-refractivity contribution is 8.18. The van der Waals surface area contributed by atoms with E-state index >= 15 is 0 Å². The highest BCUT2D eigenvalue weighted by Crippen LogP contribution is 2.32. The second-order valence-electron chi connectivity index (χ2n) is 4.95. The molecule has 0 spiro atoms. The second kappa shape index (κ2) is 7.75. The lowest BCUT2D eigenvalue weighted by Gasteiger charge is -2.18. The molecule has 2 rings (SSSR count). The number of hydrogen-bond acceptors (Lipinski definition) is 7. The zero-order valence-electron chi connectivity index (χ0n) is 13.4. The first-order valence-corrected chi connectivity index (χ1v) is 7.93. The van der Waals surface area contributed by atoms with Crippen LogP contribution in [0.15, 0.2) is 41.3 Å². The molecular weight excluding hydrogens is 348 g/mol. The Labute approximate surface area is 147 Å². The lowest BCUT2D eigenvalue weighted by atomic mass is 10.1. The van der Waals surface area contributed by atoms with Gasteiger partial charge in [0.1, 0.15) is 6.04 Å². The van der Waals surface area contributed by atoms with Crippen molar-refractivity contribution in [3.05, 3.63) is 57.0 Å². The Hall–Kier alpha value is -2.94. The van der Waals surface area contributed by atoms with Crippen molar-refractivity contribution >= 4 is 40.6 Å². The monoisotopic (exact) mass is 362 g/mol. The quantitative estimate of drug-likeness (QED) is 0.343. The van der Waals surface area contributed by atoms with Crippen molar-refractivity contribution in [3.63, 3.8) is 0 Å².